The molecule has 0 radical (unpaired) electrons. The fourth-order valence-corrected chi connectivity index (χ4v) is 0.323. The molecule has 0 aliphatic carbocycles. The second-order valence-electron chi connectivity index (χ2n) is 1.94. The fourth-order valence-electron chi connectivity index (χ4n) is 0.323. The predicted molar refractivity (Wildman–Crippen MR) is 34.1 cm³/mol. The van der Waals surface area contributed by atoms with Gasteiger partial charge in [-0.2, -0.15) is 0 Å². The molecule has 0 N–H and O–H groups in total. The molecule has 2 heterocycles. The van der Waals surface area contributed by atoms with E-state index in [0.29, 0.717) is 6.10 Å². The highest BCUT2D eigenvalue weighted by atomic mass is 16.6. The largest absolute Gasteiger partial charge is 0.473 e. The first-order valence-electron chi connectivity index (χ1n) is 2.98. The quantitative estimate of drug-likeness (QED) is 0.494. The first kappa shape index (κ1) is 6.36. The molecule has 1 unspecified atom stereocenters. The Morgan fingerprint density at radius 1 is 1.33 bits per heavy atom. The molecule has 0 bridgehead atoms. The molecule has 1 saturated heterocycles. The maximum absolute atomic E-state index is 4.71. The first-order chi connectivity index (χ1) is 4.39. The Hall–Kier alpha value is -0.760. The van der Waals surface area contributed by atoms with Gasteiger partial charge in [0, 0.05) is 0 Å². The van der Waals surface area contributed by atoms with Crippen molar-refractivity contribution in [2.45, 2.75) is 13.0 Å². The van der Waals surface area contributed by atoms with Crippen molar-refractivity contribution in [1.29, 1.82) is 0 Å². The van der Waals surface area contributed by atoms with Gasteiger partial charge in [-0.25, -0.2) is 0 Å². The monoisotopic (exact) mass is 126 g/mol. The Balaban J connectivity index is 0.0000000922. The smallest absolute Gasteiger partial charge is 0.0902 e. The molecule has 1 atom stereocenters. The van der Waals surface area contributed by atoms with E-state index in [4.69, 9.17) is 4.74 Å². The van der Waals surface area contributed by atoms with Crippen LogP contribution < -0.4 is 0 Å². The summed E-state index contributed by atoms with van der Waals surface area (Å²) in [4.78, 5) is 0. The molecule has 1 aromatic heterocycles. The number of hydrogen-bond acceptors (Lipinski definition) is 2. The van der Waals surface area contributed by atoms with Gasteiger partial charge in [-0.3, -0.25) is 0 Å². The van der Waals surface area contributed by atoms with Crippen LogP contribution in [0, 0.1) is 0 Å². The number of hydrogen-bond donors (Lipinski definition) is 0. The van der Waals surface area contributed by atoms with Crippen LogP contribution in [-0.2, 0) is 4.74 Å². The van der Waals surface area contributed by atoms with Gasteiger partial charge in [0.05, 0.1) is 25.2 Å². The molecule has 2 heteroatoms. The molecule has 9 heavy (non-hydrogen) atoms. The van der Waals surface area contributed by atoms with Gasteiger partial charge in [-0.15, -0.1) is 0 Å². The highest BCUT2D eigenvalue weighted by molar-refractivity contribution is 4.79. The minimum Gasteiger partial charge on any atom is -0.473 e. The van der Waals surface area contributed by atoms with E-state index < -0.39 is 0 Å². The first-order valence-corrected chi connectivity index (χ1v) is 2.98. The predicted octanol–water partition coefficient (Wildman–Crippen LogP) is 1.68. The van der Waals surface area contributed by atoms with Crippen LogP contribution in [0.1, 0.15) is 6.92 Å². The summed E-state index contributed by atoms with van der Waals surface area (Å²) in [6.45, 7) is 3.04. The molecule has 50 valence electrons. The third-order valence-corrected chi connectivity index (χ3v) is 0.925. The van der Waals surface area contributed by atoms with E-state index in [1.165, 1.54) is 0 Å². The van der Waals surface area contributed by atoms with E-state index >= 15 is 0 Å². The van der Waals surface area contributed by atoms with E-state index in [0.717, 1.165) is 6.61 Å². The second-order valence-corrected chi connectivity index (χ2v) is 1.94. The van der Waals surface area contributed by atoms with E-state index in [-0.39, 0.29) is 0 Å². The zero-order chi connectivity index (χ0) is 6.53. The van der Waals surface area contributed by atoms with Crippen molar-refractivity contribution in [3.8, 4) is 0 Å². The standard InChI is InChI=1S/C4H4O.C3H6O/c1-2-4-5-3-1;1-3-2-4-3/h1-4H;3H,2H2,1H3. The van der Waals surface area contributed by atoms with E-state index in [2.05, 4.69) is 11.3 Å². The van der Waals surface area contributed by atoms with Crippen molar-refractivity contribution in [3.63, 3.8) is 0 Å². The summed E-state index contributed by atoms with van der Waals surface area (Å²) >= 11 is 0. The average molecular weight is 126 g/mol. The molecule has 2 rings (SSSR count). The van der Waals surface area contributed by atoms with Gasteiger partial charge in [0.1, 0.15) is 0 Å². The lowest BCUT2D eigenvalue weighted by molar-refractivity contribution is 0.423. The Morgan fingerprint density at radius 2 is 1.78 bits per heavy atom. The van der Waals surface area contributed by atoms with E-state index in [1.54, 1.807) is 12.5 Å². The third kappa shape index (κ3) is 3.79. The molecule has 0 amide bonds. The van der Waals surface area contributed by atoms with Crippen molar-refractivity contribution >= 4 is 0 Å². The van der Waals surface area contributed by atoms with Crippen molar-refractivity contribution in [2.75, 3.05) is 6.61 Å². The van der Waals surface area contributed by atoms with Crippen molar-refractivity contribution < 1.29 is 9.15 Å². The number of rotatable bonds is 0. The minimum absolute atomic E-state index is 0.583. The van der Waals surface area contributed by atoms with Crippen LogP contribution in [0.15, 0.2) is 29.1 Å². The van der Waals surface area contributed by atoms with Crippen molar-refractivity contribution in [2.24, 2.45) is 0 Å². The molecule has 1 aromatic rings. The normalized spacial score (nSPS) is 22.1. The lowest BCUT2D eigenvalue weighted by Gasteiger charge is -1.50. The molecule has 1 aliphatic rings. The van der Waals surface area contributed by atoms with Gasteiger partial charge in [0.15, 0.2) is 0 Å². The molecule has 0 aromatic carbocycles. The van der Waals surface area contributed by atoms with Gasteiger partial charge in [0.25, 0.3) is 0 Å². The summed E-state index contributed by atoms with van der Waals surface area (Å²) in [5, 5.41) is 0. The SMILES string of the molecule is CC1CO1.c1ccoc1. The Kier molecular flexibility index (Phi) is 2.33. The van der Waals surface area contributed by atoms with Gasteiger partial charge in [-0.05, 0) is 19.1 Å². The molecular weight excluding hydrogens is 116 g/mol. The molecule has 1 fully saturated rings. The summed E-state index contributed by atoms with van der Waals surface area (Å²) in [6.07, 6.45) is 3.83. The van der Waals surface area contributed by atoms with Crippen LogP contribution >= 0.6 is 0 Å². The van der Waals surface area contributed by atoms with E-state index in [1.807, 2.05) is 12.1 Å². The molecule has 0 saturated carbocycles. The lowest BCUT2D eigenvalue weighted by atomic mass is 10.6. The molecule has 2 nitrogen and oxygen atoms in total. The minimum atomic E-state index is 0.583. The Morgan fingerprint density at radius 3 is 1.89 bits per heavy atom. The molecular formula is C7H10O2. The van der Waals surface area contributed by atoms with Gasteiger partial charge >= 0.3 is 0 Å². The van der Waals surface area contributed by atoms with Crippen LogP contribution in [0.3, 0.4) is 0 Å². The maximum atomic E-state index is 4.71. The van der Waals surface area contributed by atoms with E-state index in [9.17, 15) is 0 Å². The summed E-state index contributed by atoms with van der Waals surface area (Å²) in [5.74, 6) is 0. The second kappa shape index (κ2) is 3.30. The molecule has 1 aliphatic heterocycles. The average Bonchev–Trinajstić information content (AvgIpc) is 2.52. The topological polar surface area (TPSA) is 25.7 Å². The van der Waals surface area contributed by atoms with Crippen molar-refractivity contribution in [1.82, 2.24) is 0 Å². The zero-order valence-corrected chi connectivity index (χ0v) is 5.41. The lowest BCUT2D eigenvalue weighted by Crippen LogP contribution is -1.60. The van der Waals surface area contributed by atoms with Crippen LogP contribution in [0.5, 0.6) is 0 Å². The van der Waals surface area contributed by atoms with Crippen LogP contribution in [0.25, 0.3) is 0 Å². The van der Waals surface area contributed by atoms with Gasteiger partial charge in [0.2, 0.25) is 0 Å². The highest BCUT2D eigenvalue weighted by Crippen LogP contribution is 2.04. The van der Waals surface area contributed by atoms with Crippen LogP contribution in [0.2, 0.25) is 0 Å². The molecule has 0 spiro atoms. The third-order valence-electron chi connectivity index (χ3n) is 0.925. The summed E-state index contributed by atoms with van der Waals surface area (Å²) in [6, 6.07) is 3.67. The maximum Gasteiger partial charge on any atom is 0.0902 e. The van der Waals surface area contributed by atoms with Crippen molar-refractivity contribution in [3.05, 3.63) is 24.7 Å². The Bertz CT molecular complexity index is 113. The van der Waals surface area contributed by atoms with Gasteiger partial charge in [-0.1, -0.05) is 0 Å². The summed E-state index contributed by atoms with van der Waals surface area (Å²) in [5.41, 5.74) is 0. The number of epoxide rings is 1. The highest BCUT2D eigenvalue weighted by Gasteiger charge is 2.13. The zero-order valence-electron chi connectivity index (χ0n) is 5.41. The summed E-state index contributed by atoms with van der Waals surface area (Å²) in [7, 11) is 0. The number of furan rings is 1. The van der Waals surface area contributed by atoms with Crippen LogP contribution in [-0.4, -0.2) is 12.7 Å². The fraction of sp³-hybridized carbons (Fsp3) is 0.429. The Labute approximate surface area is 54.4 Å². The number of ether oxygens (including phenoxy) is 1. The van der Waals surface area contributed by atoms with Gasteiger partial charge < -0.3 is 9.15 Å². The summed E-state index contributed by atoms with van der Waals surface area (Å²) < 4.78 is 9.29. The van der Waals surface area contributed by atoms with Crippen LogP contribution in [0.4, 0.5) is 0 Å².